The molecule has 0 bridgehead atoms. The monoisotopic (exact) mass is 343 g/mol. The van der Waals surface area contributed by atoms with E-state index in [-0.39, 0.29) is 11.8 Å². The lowest BCUT2D eigenvalue weighted by Gasteiger charge is -2.52. The molecule has 25 heavy (non-hydrogen) atoms. The van der Waals surface area contributed by atoms with Gasteiger partial charge in [0.2, 0.25) is 5.91 Å². The van der Waals surface area contributed by atoms with Crippen LogP contribution in [0.1, 0.15) is 56.1 Å². The molecule has 1 N–H and O–H groups in total. The molecule has 4 rings (SSSR count). The van der Waals surface area contributed by atoms with Crippen LogP contribution in [0.3, 0.4) is 0 Å². The molecule has 1 heterocycles. The van der Waals surface area contributed by atoms with E-state index in [1.165, 1.54) is 30.4 Å². The van der Waals surface area contributed by atoms with Crippen molar-refractivity contribution in [2.24, 2.45) is 11.3 Å². The Hall–Kier alpha value is -1.55. The average Bonchev–Trinajstić information content (AvgIpc) is 2.96. The number of carbonyl (C=O) groups is 1. The molecule has 1 aromatic rings. The summed E-state index contributed by atoms with van der Waals surface area (Å²) in [6.07, 6.45) is 4.87. The van der Waals surface area contributed by atoms with Gasteiger partial charge in [0.1, 0.15) is 5.75 Å². The summed E-state index contributed by atoms with van der Waals surface area (Å²) < 4.78 is 5.37. The highest BCUT2D eigenvalue weighted by Gasteiger charge is 2.53. The normalized spacial score (nSPS) is 33.0. The first-order valence-electron chi connectivity index (χ1n) is 9.47. The quantitative estimate of drug-likeness (QED) is 0.916. The summed E-state index contributed by atoms with van der Waals surface area (Å²) in [6, 6.07) is 6.54. The molecule has 136 valence electrons. The van der Waals surface area contributed by atoms with Crippen molar-refractivity contribution in [2.45, 2.75) is 57.5 Å². The smallest absolute Gasteiger partial charge is 0.225 e. The number of benzene rings is 1. The van der Waals surface area contributed by atoms with Crippen molar-refractivity contribution < 1.29 is 14.6 Å². The van der Waals surface area contributed by atoms with Gasteiger partial charge in [0.25, 0.3) is 0 Å². The molecular formula is C21H29NO3. The number of aryl methyl sites for hydroxylation is 1. The number of hydrogen-bond donors (Lipinski definition) is 1. The number of aliphatic hydroxyl groups is 1. The zero-order valence-electron chi connectivity index (χ0n) is 15.5. The molecule has 0 radical (unpaired) electrons. The second-order valence-electron chi connectivity index (χ2n) is 8.97. The Balaban J connectivity index is 1.34. The van der Waals surface area contributed by atoms with Gasteiger partial charge in [0.15, 0.2) is 0 Å². The van der Waals surface area contributed by atoms with Crippen molar-refractivity contribution in [2.75, 3.05) is 20.2 Å². The molecule has 1 spiro atoms. The molecule has 0 aromatic heterocycles. The number of carbonyl (C=O) groups excluding carboxylic acids is 1. The van der Waals surface area contributed by atoms with Gasteiger partial charge in [-0.25, -0.2) is 0 Å². The molecule has 2 aliphatic carbocycles. The van der Waals surface area contributed by atoms with Crippen LogP contribution in [0.4, 0.5) is 0 Å². The summed E-state index contributed by atoms with van der Waals surface area (Å²) in [7, 11) is 1.72. The molecule has 1 unspecified atom stereocenters. The van der Waals surface area contributed by atoms with E-state index in [9.17, 15) is 9.90 Å². The number of ether oxygens (including phenoxy) is 1. The molecule has 4 nitrogen and oxygen atoms in total. The lowest BCUT2D eigenvalue weighted by Crippen LogP contribution is -2.61. The lowest BCUT2D eigenvalue weighted by atomic mass is 9.69. The highest BCUT2D eigenvalue weighted by Crippen LogP contribution is 2.53. The Morgan fingerprint density at radius 2 is 2.00 bits per heavy atom. The summed E-state index contributed by atoms with van der Waals surface area (Å²) in [4.78, 5) is 14.5. The van der Waals surface area contributed by atoms with Crippen LogP contribution >= 0.6 is 0 Å². The fourth-order valence-corrected chi connectivity index (χ4v) is 5.29. The van der Waals surface area contributed by atoms with Crippen molar-refractivity contribution in [1.82, 2.24) is 4.90 Å². The minimum atomic E-state index is -0.617. The fourth-order valence-electron chi connectivity index (χ4n) is 5.29. The van der Waals surface area contributed by atoms with E-state index in [0.717, 1.165) is 18.8 Å². The molecule has 1 saturated heterocycles. The fraction of sp³-hybridized carbons (Fsp3) is 0.667. The average molecular weight is 343 g/mol. The number of hydrogen-bond acceptors (Lipinski definition) is 3. The van der Waals surface area contributed by atoms with E-state index >= 15 is 0 Å². The largest absolute Gasteiger partial charge is 0.496 e. The minimum absolute atomic E-state index is 0.0498. The number of amides is 1. The molecule has 2 saturated carbocycles. The minimum Gasteiger partial charge on any atom is -0.496 e. The second-order valence-corrected chi connectivity index (χ2v) is 8.97. The number of rotatable bonds is 3. The SMILES string of the molecule is COc1ccc(C2CCC3(C2)CN(C(=O)[C@H]2C[C@@](C)(O)C2)C3)cc1C. The van der Waals surface area contributed by atoms with Crippen molar-refractivity contribution >= 4 is 5.91 Å². The van der Waals surface area contributed by atoms with Crippen LogP contribution in [0.25, 0.3) is 0 Å². The van der Waals surface area contributed by atoms with E-state index in [1.807, 2.05) is 11.8 Å². The molecule has 1 atom stereocenters. The van der Waals surface area contributed by atoms with Crippen LogP contribution in [0.15, 0.2) is 18.2 Å². The third kappa shape index (κ3) is 2.95. The number of nitrogens with zero attached hydrogens (tertiary/aromatic N) is 1. The zero-order chi connectivity index (χ0) is 17.8. The zero-order valence-corrected chi connectivity index (χ0v) is 15.5. The van der Waals surface area contributed by atoms with Gasteiger partial charge in [-0.15, -0.1) is 0 Å². The van der Waals surface area contributed by atoms with Gasteiger partial charge in [-0.05, 0) is 69.1 Å². The summed E-state index contributed by atoms with van der Waals surface area (Å²) in [5, 5.41) is 9.85. The van der Waals surface area contributed by atoms with Gasteiger partial charge in [-0.3, -0.25) is 4.79 Å². The summed E-state index contributed by atoms with van der Waals surface area (Å²) in [5.41, 5.74) is 2.33. The molecule has 4 heteroatoms. The van der Waals surface area contributed by atoms with Crippen molar-refractivity contribution in [3.8, 4) is 5.75 Å². The number of likely N-dealkylation sites (tertiary alicyclic amines) is 1. The first-order valence-corrected chi connectivity index (χ1v) is 9.47. The molecule has 1 amide bonds. The summed E-state index contributed by atoms with van der Waals surface area (Å²) in [6.45, 7) is 5.75. The van der Waals surface area contributed by atoms with Gasteiger partial charge in [0, 0.05) is 24.4 Å². The molecular weight excluding hydrogens is 314 g/mol. The van der Waals surface area contributed by atoms with E-state index < -0.39 is 5.60 Å². The van der Waals surface area contributed by atoms with Gasteiger partial charge >= 0.3 is 0 Å². The first kappa shape index (κ1) is 16.9. The highest BCUT2D eigenvalue weighted by molar-refractivity contribution is 5.81. The maximum absolute atomic E-state index is 12.5. The van der Waals surface area contributed by atoms with Gasteiger partial charge in [-0.2, -0.15) is 0 Å². The standard InChI is InChI=1S/C21H29NO3/c1-14-8-15(4-5-18(14)25-3)16-6-7-21(11-16)12-22(13-21)19(23)17-9-20(2,24)10-17/h4-5,8,16-17,24H,6-7,9-13H2,1-3H3/t16?,17-,20+. The van der Waals surface area contributed by atoms with E-state index in [4.69, 9.17) is 4.74 Å². The van der Waals surface area contributed by atoms with Crippen molar-refractivity contribution in [3.05, 3.63) is 29.3 Å². The first-order chi connectivity index (χ1) is 11.8. The predicted octanol–water partition coefficient (Wildman–Crippen LogP) is 3.26. The molecule has 1 aromatic carbocycles. The van der Waals surface area contributed by atoms with Crippen LogP contribution in [-0.4, -0.2) is 41.7 Å². The highest BCUT2D eigenvalue weighted by atomic mass is 16.5. The van der Waals surface area contributed by atoms with Gasteiger partial charge in [-0.1, -0.05) is 12.1 Å². The predicted molar refractivity (Wildman–Crippen MR) is 96.7 cm³/mol. The lowest BCUT2D eigenvalue weighted by molar-refractivity contribution is -0.161. The Labute approximate surface area is 150 Å². The van der Waals surface area contributed by atoms with E-state index in [0.29, 0.717) is 24.2 Å². The van der Waals surface area contributed by atoms with Crippen LogP contribution < -0.4 is 4.74 Å². The topological polar surface area (TPSA) is 49.8 Å². The van der Waals surface area contributed by atoms with Crippen LogP contribution in [0, 0.1) is 18.3 Å². The Kier molecular flexibility index (Phi) is 3.87. The summed E-state index contributed by atoms with van der Waals surface area (Å²) in [5.74, 6) is 1.87. The molecule has 3 fully saturated rings. The van der Waals surface area contributed by atoms with Crippen LogP contribution in [0.5, 0.6) is 5.75 Å². The van der Waals surface area contributed by atoms with E-state index in [1.54, 1.807) is 7.11 Å². The van der Waals surface area contributed by atoms with Crippen molar-refractivity contribution in [3.63, 3.8) is 0 Å². The third-order valence-electron chi connectivity index (χ3n) is 6.68. The molecule has 1 aliphatic heterocycles. The van der Waals surface area contributed by atoms with Crippen LogP contribution in [0.2, 0.25) is 0 Å². The van der Waals surface area contributed by atoms with Gasteiger partial charge < -0.3 is 14.7 Å². The Morgan fingerprint density at radius 1 is 1.28 bits per heavy atom. The van der Waals surface area contributed by atoms with Crippen LogP contribution in [-0.2, 0) is 4.79 Å². The third-order valence-corrected chi connectivity index (χ3v) is 6.68. The Morgan fingerprint density at radius 3 is 2.60 bits per heavy atom. The maximum Gasteiger partial charge on any atom is 0.225 e. The second kappa shape index (κ2) is 5.73. The summed E-state index contributed by atoms with van der Waals surface area (Å²) >= 11 is 0. The Bertz CT molecular complexity index is 682. The molecule has 3 aliphatic rings. The number of methoxy groups -OCH3 is 1. The maximum atomic E-state index is 12.5. The van der Waals surface area contributed by atoms with Crippen molar-refractivity contribution in [1.29, 1.82) is 0 Å². The van der Waals surface area contributed by atoms with Gasteiger partial charge in [0.05, 0.1) is 12.7 Å². The van der Waals surface area contributed by atoms with E-state index in [2.05, 4.69) is 25.1 Å².